The van der Waals surface area contributed by atoms with Gasteiger partial charge in [0.2, 0.25) is 0 Å². The fraction of sp³-hybridized carbons (Fsp3) is 0.222. The molecule has 0 bridgehead atoms. The number of nitrogens with zero attached hydrogens (tertiary/aromatic N) is 1. The van der Waals surface area contributed by atoms with Gasteiger partial charge in [-0.1, -0.05) is 12.1 Å². The lowest BCUT2D eigenvalue weighted by atomic mass is 10.0. The van der Waals surface area contributed by atoms with Crippen molar-refractivity contribution in [3.05, 3.63) is 64.7 Å². The van der Waals surface area contributed by atoms with Crippen LogP contribution < -0.4 is 4.90 Å². The van der Waals surface area contributed by atoms with E-state index in [2.05, 4.69) is 0 Å². The summed E-state index contributed by atoms with van der Waals surface area (Å²) < 4.78 is 39.4. The lowest BCUT2D eigenvalue weighted by molar-refractivity contribution is -0.137. The maximum absolute atomic E-state index is 13.1. The molecule has 124 valence electrons. The van der Waals surface area contributed by atoms with Gasteiger partial charge in [0, 0.05) is 17.8 Å². The summed E-state index contributed by atoms with van der Waals surface area (Å²) >= 11 is 0. The second kappa shape index (κ2) is 5.78. The van der Waals surface area contributed by atoms with E-state index in [1.165, 1.54) is 30.0 Å². The first kappa shape index (κ1) is 16.2. The second-order valence-electron chi connectivity index (χ2n) is 5.65. The van der Waals surface area contributed by atoms with Crippen LogP contribution in [0.5, 0.6) is 0 Å². The smallest absolute Gasteiger partial charge is 0.308 e. The Hall–Kier alpha value is -2.63. The third kappa shape index (κ3) is 2.79. The van der Waals surface area contributed by atoms with Crippen LogP contribution in [-0.4, -0.2) is 18.2 Å². The highest BCUT2D eigenvalue weighted by Crippen LogP contribution is 2.35. The number of fused-ring (bicyclic) bond motifs is 1. The van der Waals surface area contributed by atoms with Gasteiger partial charge >= 0.3 is 6.18 Å². The van der Waals surface area contributed by atoms with Gasteiger partial charge in [-0.3, -0.25) is 9.59 Å². The Kier molecular flexibility index (Phi) is 3.91. The molecule has 2 aromatic rings. The number of Topliss-reactive ketones (excluding diaryl/α,β-unsaturated/α-hetero) is 1. The molecular weight excluding hydrogens is 319 g/mol. The van der Waals surface area contributed by atoms with E-state index in [1.807, 2.05) is 0 Å². The first-order valence-electron chi connectivity index (χ1n) is 7.41. The van der Waals surface area contributed by atoms with E-state index in [0.29, 0.717) is 24.2 Å². The van der Waals surface area contributed by atoms with Crippen LogP contribution in [0.15, 0.2) is 42.5 Å². The number of alkyl halides is 3. The van der Waals surface area contributed by atoms with Crippen molar-refractivity contribution in [2.45, 2.75) is 19.5 Å². The number of amides is 1. The topological polar surface area (TPSA) is 37.4 Å². The molecule has 0 aromatic heterocycles. The average Bonchev–Trinajstić information content (AvgIpc) is 2.96. The largest absolute Gasteiger partial charge is 0.417 e. The molecule has 1 amide bonds. The van der Waals surface area contributed by atoms with Gasteiger partial charge in [0.1, 0.15) is 0 Å². The summed E-state index contributed by atoms with van der Waals surface area (Å²) in [5.41, 5.74) is 0.568. The van der Waals surface area contributed by atoms with E-state index >= 15 is 0 Å². The first-order valence-corrected chi connectivity index (χ1v) is 7.41. The number of carbonyl (C=O) groups excluding carboxylic acids is 2. The molecule has 0 radical (unpaired) electrons. The van der Waals surface area contributed by atoms with Crippen molar-refractivity contribution in [1.29, 1.82) is 0 Å². The molecule has 1 aliphatic heterocycles. The molecule has 2 aromatic carbocycles. The number of rotatable bonds is 2. The molecule has 1 aliphatic rings. The highest BCUT2D eigenvalue weighted by molar-refractivity contribution is 6.08. The van der Waals surface area contributed by atoms with E-state index in [4.69, 9.17) is 0 Å². The van der Waals surface area contributed by atoms with Crippen molar-refractivity contribution in [3.63, 3.8) is 0 Å². The van der Waals surface area contributed by atoms with E-state index in [0.717, 1.165) is 11.6 Å². The summed E-state index contributed by atoms with van der Waals surface area (Å²) in [5.74, 6) is -0.776. The van der Waals surface area contributed by atoms with Gasteiger partial charge < -0.3 is 4.90 Å². The third-order valence-electron chi connectivity index (χ3n) is 4.09. The zero-order chi connectivity index (χ0) is 17.5. The number of anilines is 1. The third-order valence-corrected chi connectivity index (χ3v) is 4.09. The molecule has 0 unspecified atom stereocenters. The zero-order valence-electron chi connectivity index (χ0n) is 12.9. The molecule has 3 rings (SSSR count). The molecule has 6 heteroatoms. The van der Waals surface area contributed by atoms with E-state index < -0.39 is 17.6 Å². The highest BCUT2D eigenvalue weighted by atomic mass is 19.4. The van der Waals surface area contributed by atoms with Crippen LogP contribution in [0.3, 0.4) is 0 Å². The van der Waals surface area contributed by atoms with E-state index in [1.54, 1.807) is 18.2 Å². The number of ketones is 1. The molecule has 0 atom stereocenters. The van der Waals surface area contributed by atoms with Crippen LogP contribution in [0.4, 0.5) is 18.9 Å². The standard InChI is InChI=1S/C18H14F3NO2/c1-11(23)12-6-7-16-13(10-12)8-9-22(16)17(24)14-4-2-3-5-15(14)18(19,20)21/h2-7,10H,8-9H2,1H3. The number of hydrogen-bond donors (Lipinski definition) is 0. The Bertz CT molecular complexity index is 827. The summed E-state index contributed by atoms with van der Waals surface area (Å²) in [7, 11) is 0. The minimum absolute atomic E-state index is 0.0926. The molecular formula is C18H14F3NO2. The number of hydrogen-bond acceptors (Lipinski definition) is 2. The van der Waals surface area contributed by atoms with Crippen LogP contribution in [-0.2, 0) is 12.6 Å². The van der Waals surface area contributed by atoms with E-state index in [9.17, 15) is 22.8 Å². The second-order valence-corrected chi connectivity index (χ2v) is 5.65. The first-order chi connectivity index (χ1) is 11.3. The molecule has 0 fully saturated rings. The Labute approximate surface area is 136 Å². The van der Waals surface area contributed by atoms with Crippen molar-refractivity contribution >= 4 is 17.4 Å². The van der Waals surface area contributed by atoms with Crippen LogP contribution in [0, 0.1) is 0 Å². The number of halogens is 3. The van der Waals surface area contributed by atoms with Crippen LogP contribution in [0.25, 0.3) is 0 Å². The molecule has 3 nitrogen and oxygen atoms in total. The van der Waals surface area contributed by atoms with Crippen molar-refractivity contribution in [2.75, 3.05) is 11.4 Å². The lowest BCUT2D eigenvalue weighted by Gasteiger charge is -2.20. The van der Waals surface area contributed by atoms with Crippen molar-refractivity contribution in [2.24, 2.45) is 0 Å². The normalized spacial score (nSPS) is 13.8. The van der Waals surface area contributed by atoms with Gasteiger partial charge in [-0.2, -0.15) is 13.2 Å². The van der Waals surface area contributed by atoms with Gasteiger partial charge in [0.15, 0.2) is 5.78 Å². The minimum atomic E-state index is -4.59. The van der Waals surface area contributed by atoms with Gasteiger partial charge in [-0.05, 0) is 49.2 Å². The number of carbonyl (C=O) groups is 2. The molecule has 0 saturated carbocycles. The summed E-state index contributed by atoms with van der Waals surface area (Å²) in [4.78, 5) is 25.4. The van der Waals surface area contributed by atoms with Crippen molar-refractivity contribution in [3.8, 4) is 0 Å². The summed E-state index contributed by atoms with van der Waals surface area (Å²) in [5, 5.41) is 0. The van der Waals surface area contributed by atoms with Crippen LogP contribution in [0.2, 0.25) is 0 Å². The number of benzene rings is 2. The van der Waals surface area contributed by atoms with Crippen molar-refractivity contribution in [1.82, 2.24) is 0 Å². The Morgan fingerprint density at radius 3 is 2.46 bits per heavy atom. The van der Waals surface area contributed by atoms with Gasteiger partial charge in [0.05, 0.1) is 11.1 Å². The fourth-order valence-electron chi connectivity index (χ4n) is 2.89. The van der Waals surface area contributed by atoms with E-state index in [-0.39, 0.29) is 11.3 Å². The van der Waals surface area contributed by atoms with Crippen molar-refractivity contribution < 1.29 is 22.8 Å². The summed E-state index contributed by atoms with van der Waals surface area (Å²) in [6.45, 7) is 1.74. The molecule has 0 N–H and O–H groups in total. The predicted molar refractivity (Wildman–Crippen MR) is 83.3 cm³/mol. The minimum Gasteiger partial charge on any atom is -0.308 e. The fourth-order valence-corrected chi connectivity index (χ4v) is 2.89. The molecule has 0 saturated heterocycles. The van der Waals surface area contributed by atoms with Crippen LogP contribution in [0.1, 0.15) is 38.8 Å². The quantitative estimate of drug-likeness (QED) is 0.776. The van der Waals surface area contributed by atoms with Gasteiger partial charge in [0.25, 0.3) is 5.91 Å². The molecule has 24 heavy (non-hydrogen) atoms. The lowest BCUT2D eigenvalue weighted by Crippen LogP contribution is -2.30. The SMILES string of the molecule is CC(=O)c1ccc2c(c1)CCN2C(=O)c1ccccc1C(F)(F)F. The van der Waals surface area contributed by atoms with Gasteiger partial charge in [-0.15, -0.1) is 0 Å². The maximum Gasteiger partial charge on any atom is 0.417 e. The Balaban J connectivity index is 1.99. The average molecular weight is 333 g/mol. The summed E-state index contributed by atoms with van der Waals surface area (Å²) in [6.07, 6.45) is -4.08. The highest BCUT2D eigenvalue weighted by Gasteiger charge is 2.37. The Morgan fingerprint density at radius 1 is 1.08 bits per heavy atom. The summed E-state index contributed by atoms with van der Waals surface area (Å²) in [6, 6.07) is 9.67. The molecule has 1 heterocycles. The zero-order valence-corrected chi connectivity index (χ0v) is 12.9. The maximum atomic E-state index is 13.1. The van der Waals surface area contributed by atoms with Crippen LogP contribution >= 0.6 is 0 Å². The molecule has 0 spiro atoms. The Morgan fingerprint density at radius 2 is 1.79 bits per heavy atom. The predicted octanol–water partition coefficient (Wildman–Crippen LogP) is 4.11. The monoisotopic (exact) mass is 333 g/mol. The molecule has 0 aliphatic carbocycles. The van der Waals surface area contributed by atoms with Gasteiger partial charge in [-0.25, -0.2) is 0 Å².